The predicted octanol–water partition coefficient (Wildman–Crippen LogP) is 1.79. The average Bonchev–Trinajstić information content (AvgIpc) is 2.27. The number of nitrogens with zero attached hydrogens (tertiary/aromatic N) is 2. The number of aromatic nitrogens is 2. The van der Waals surface area contributed by atoms with E-state index in [9.17, 15) is 4.79 Å². The normalized spacial score (nSPS) is 10.4. The molecule has 0 amide bonds. The highest BCUT2D eigenvalue weighted by Crippen LogP contribution is 2.03. The minimum absolute atomic E-state index is 0.0289. The molecule has 1 heterocycles. The Balaban J connectivity index is 2.24. The van der Waals surface area contributed by atoms with Crippen LogP contribution in [0.25, 0.3) is 0 Å². The molecule has 4 nitrogen and oxygen atoms in total. The maximum atomic E-state index is 11.4. The van der Waals surface area contributed by atoms with Gasteiger partial charge in [0.15, 0.2) is 0 Å². The molecule has 2 N–H and O–H groups in total. The van der Waals surface area contributed by atoms with Crippen molar-refractivity contribution in [2.24, 2.45) is 5.73 Å². The zero-order valence-electron chi connectivity index (χ0n) is 10.2. The SMILES string of the molecule is Cc1ccc(=O)n(CCCCCCC(N)=S)n1. The van der Waals surface area contributed by atoms with Crippen LogP contribution < -0.4 is 11.3 Å². The zero-order chi connectivity index (χ0) is 12.7. The molecule has 0 saturated heterocycles. The Morgan fingerprint density at radius 2 is 2.06 bits per heavy atom. The molecule has 0 bridgehead atoms. The van der Waals surface area contributed by atoms with E-state index in [4.69, 9.17) is 18.0 Å². The number of hydrogen-bond donors (Lipinski definition) is 1. The highest BCUT2D eigenvalue weighted by atomic mass is 32.1. The van der Waals surface area contributed by atoms with Gasteiger partial charge in [-0.1, -0.05) is 25.1 Å². The van der Waals surface area contributed by atoms with E-state index in [1.54, 1.807) is 12.1 Å². The minimum Gasteiger partial charge on any atom is -0.393 e. The van der Waals surface area contributed by atoms with Crippen molar-refractivity contribution < 1.29 is 0 Å². The lowest BCUT2D eigenvalue weighted by atomic mass is 10.1. The van der Waals surface area contributed by atoms with Gasteiger partial charge in [0.05, 0.1) is 10.7 Å². The van der Waals surface area contributed by atoms with Gasteiger partial charge >= 0.3 is 0 Å². The summed E-state index contributed by atoms with van der Waals surface area (Å²) in [5.74, 6) is 0. The molecule has 94 valence electrons. The number of unbranched alkanes of at least 4 members (excludes halogenated alkanes) is 3. The molecule has 5 heteroatoms. The van der Waals surface area contributed by atoms with Crippen LogP contribution in [0.1, 0.15) is 37.8 Å². The summed E-state index contributed by atoms with van der Waals surface area (Å²) in [6.45, 7) is 2.58. The molecule has 0 aromatic carbocycles. The molecule has 0 atom stereocenters. The first-order valence-corrected chi connectivity index (χ1v) is 6.33. The van der Waals surface area contributed by atoms with Gasteiger partial charge in [0.1, 0.15) is 0 Å². The quantitative estimate of drug-likeness (QED) is 0.594. The lowest BCUT2D eigenvalue weighted by molar-refractivity contribution is 0.512. The van der Waals surface area contributed by atoms with E-state index < -0.39 is 0 Å². The van der Waals surface area contributed by atoms with Crippen molar-refractivity contribution in [3.05, 3.63) is 28.2 Å². The molecule has 0 unspecified atom stereocenters. The topological polar surface area (TPSA) is 60.9 Å². The van der Waals surface area contributed by atoms with E-state index in [1.807, 2.05) is 6.92 Å². The van der Waals surface area contributed by atoms with E-state index >= 15 is 0 Å². The lowest BCUT2D eigenvalue weighted by Gasteiger charge is -2.04. The Morgan fingerprint density at radius 3 is 2.76 bits per heavy atom. The molecule has 1 rings (SSSR count). The number of hydrogen-bond acceptors (Lipinski definition) is 3. The molecule has 0 radical (unpaired) electrons. The molecule has 0 spiro atoms. The number of aryl methyl sites for hydroxylation is 2. The summed E-state index contributed by atoms with van der Waals surface area (Å²) in [5, 5.41) is 4.18. The van der Waals surface area contributed by atoms with Crippen LogP contribution in [0.2, 0.25) is 0 Å². The third kappa shape index (κ3) is 5.58. The number of nitrogens with two attached hydrogens (primary N) is 1. The van der Waals surface area contributed by atoms with Gasteiger partial charge in [0, 0.05) is 12.6 Å². The third-order valence-corrected chi connectivity index (χ3v) is 2.75. The molecule has 1 aromatic heterocycles. The Kier molecular flexibility index (Phi) is 5.83. The van der Waals surface area contributed by atoms with Crippen molar-refractivity contribution in [3.8, 4) is 0 Å². The molecular weight excluding hydrogens is 234 g/mol. The standard InChI is InChI=1S/C12H19N3OS/c1-10-7-8-12(16)15(14-10)9-5-3-2-4-6-11(13)17/h7-8H,2-6,9H2,1H3,(H2,13,17). The summed E-state index contributed by atoms with van der Waals surface area (Å²) in [4.78, 5) is 12.0. The van der Waals surface area contributed by atoms with Crippen molar-refractivity contribution in [2.75, 3.05) is 0 Å². The van der Waals surface area contributed by atoms with Crippen LogP contribution >= 0.6 is 12.2 Å². The second-order valence-electron chi connectivity index (χ2n) is 4.17. The molecule has 0 aliphatic rings. The molecular formula is C12H19N3OS. The van der Waals surface area contributed by atoms with Gasteiger partial charge in [-0.15, -0.1) is 0 Å². The number of thiocarbonyl (C=S) groups is 1. The zero-order valence-corrected chi connectivity index (χ0v) is 11.0. The summed E-state index contributed by atoms with van der Waals surface area (Å²) in [6, 6.07) is 3.30. The van der Waals surface area contributed by atoms with Gasteiger partial charge in [-0.2, -0.15) is 5.10 Å². The molecule has 0 aliphatic heterocycles. The highest BCUT2D eigenvalue weighted by molar-refractivity contribution is 7.80. The van der Waals surface area contributed by atoms with Crippen molar-refractivity contribution in [1.82, 2.24) is 9.78 Å². The Bertz CT molecular complexity index is 428. The van der Waals surface area contributed by atoms with Crippen molar-refractivity contribution in [1.29, 1.82) is 0 Å². The maximum Gasteiger partial charge on any atom is 0.266 e. The van der Waals surface area contributed by atoms with Gasteiger partial charge in [-0.3, -0.25) is 4.79 Å². The van der Waals surface area contributed by atoms with E-state index in [0.717, 1.165) is 37.8 Å². The second kappa shape index (κ2) is 7.17. The van der Waals surface area contributed by atoms with Crippen molar-refractivity contribution in [2.45, 2.75) is 45.6 Å². The summed E-state index contributed by atoms with van der Waals surface area (Å²) >= 11 is 4.80. The van der Waals surface area contributed by atoms with Gasteiger partial charge in [0.2, 0.25) is 0 Å². The third-order valence-electron chi connectivity index (χ3n) is 2.54. The first-order chi connectivity index (χ1) is 8.09. The Labute approximate surface area is 107 Å². The van der Waals surface area contributed by atoms with E-state index in [2.05, 4.69) is 5.10 Å². The summed E-state index contributed by atoms with van der Waals surface area (Å²) in [5.41, 5.74) is 6.26. The van der Waals surface area contributed by atoms with Crippen LogP contribution in [-0.2, 0) is 6.54 Å². The van der Waals surface area contributed by atoms with Crippen LogP contribution in [0.15, 0.2) is 16.9 Å². The van der Waals surface area contributed by atoms with Gasteiger partial charge in [-0.05, 0) is 32.3 Å². The number of rotatable bonds is 7. The fourth-order valence-electron chi connectivity index (χ4n) is 1.63. The fraction of sp³-hybridized carbons (Fsp3) is 0.583. The minimum atomic E-state index is -0.0289. The second-order valence-corrected chi connectivity index (χ2v) is 4.69. The fourth-order valence-corrected chi connectivity index (χ4v) is 1.77. The van der Waals surface area contributed by atoms with Crippen LogP contribution in [-0.4, -0.2) is 14.8 Å². The Morgan fingerprint density at radius 1 is 1.35 bits per heavy atom. The summed E-state index contributed by atoms with van der Waals surface area (Å²) in [6.07, 6.45) is 4.99. The van der Waals surface area contributed by atoms with E-state index in [1.165, 1.54) is 4.68 Å². The molecule has 0 aliphatic carbocycles. The summed E-state index contributed by atoms with van der Waals surface area (Å²) < 4.78 is 1.53. The highest BCUT2D eigenvalue weighted by Gasteiger charge is 1.98. The first kappa shape index (κ1) is 13.8. The van der Waals surface area contributed by atoms with E-state index in [0.29, 0.717) is 11.5 Å². The maximum absolute atomic E-state index is 11.4. The lowest BCUT2D eigenvalue weighted by Crippen LogP contribution is -2.22. The Hall–Kier alpha value is -1.23. The molecule has 0 saturated carbocycles. The largest absolute Gasteiger partial charge is 0.393 e. The van der Waals surface area contributed by atoms with Crippen LogP contribution in [0.3, 0.4) is 0 Å². The van der Waals surface area contributed by atoms with Gasteiger partial charge in [-0.25, -0.2) is 4.68 Å². The van der Waals surface area contributed by atoms with Gasteiger partial charge in [0.25, 0.3) is 5.56 Å². The van der Waals surface area contributed by atoms with Crippen LogP contribution in [0.4, 0.5) is 0 Å². The van der Waals surface area contributed by atoms with Crippen LogP contribution in [0.5, 0.6) is 0 Å². The summed E-state index contributed by atoms with van der Waals surface area (Å²) in [7, 11) is 0. The molecule has 0 fully saturated rings. The van der Waals surface area contributed by atoms with Crippen molar-refractivity contribution in [3.63, 3.8) is 0 Å². The molecule has 1 aromatic rings. The monoisotopic (exact) mass is 253 g/mol. The van der Waals surface area contributed by atoms with Crippen molar-refractivity contribution >= 4 is 17.2 Å². The smallest absolute Gasteiger partial charge is 0.266 e. The van der Waals surface area contributed by atoms with Gasteiger partial charge < -0.3 is 5.73 Å². The predicted molar refractivity (Wildman–Crippen MR) is 73.1 cm³/mol. The van der Waals surface area contributed by atoms with Crippen LogP contribution in [0, 0.1) is 6.92 Å². The van der Waals surface area contributed by atoms with E-state index in [-0.39, 0.29) is 5.56 Å². The average molecular weight is 253 g/mol. The molecule has 17 heavy (non-hydrogen) atoms. The first-order valence-electron chi connectivity index (χ1n) is 5.92.